The standard InChI is InChI=1S/C11H14Cl2N2O.ClH/c1-7(14)11(16)15-6-5-8-9(12)3-2-4-10(8)13;/h2-4,7H,5-6,14H2,1H3,(H,15,16);1H/t7-;/m0./s1. The molecule has 1 atom stereocenters. The Morgan fingerprint density at radius 2 is 1.94 bits per heavy atom. The molecule has 17 heavy (non-hydrogen) atoms. The molecule has 0 unspecified atom stereocenters. The van der Waals surface area contributed by atoms with Crippen LogP contribution in [0, 0.1) is 0 Å². The van der Waals surface area contributed by atoms with Crippen LogP contribution in [-0.2, 0) is 11.2 Å². The van der Waals surface area contributed by atoms with Gasteiger partial charge < -0.3 is 11.1 Å². The molecule has 3 N–H and O–H groups in total. The molecule has 0 saturated carbocycles. The molecule has 1 amide bonds. The second-order valence-electron chi connectivity index (χ2n) is 3.53. The van der Waals surface area contributed by atoms with Crippen LogP contribution < -0.4 is 11.1 Å². The summed E-state index contributed by atoms with van der Waals surface area (Å²) in [6.45, 7) is 2.11. The molecule has 3 nitrogen and oxygen atoms in total. The smallest absolute Gasteiger partial charge is 0.236 e. The Kier molecular flexibility index (Phi) is 7.55. The zero-order valence-electron chi connectivity index (χ0n) is 9.37. The first-order valence-corrected chi connectivity index (χ1v) is 5.74. The van der Waals surface area contributed by atoms with Crippen molar-refractivity contribution in [3.63, 3.8) is 0 Å². The predicted octanol–water partition coefficient (Wildman–Crippen LogP) is 2.42. The number of carbonyl (C=O) groups excluding carboxylic acids is 1. The monoisotopic (exact) mass is 296 g/mol. The number of nitrogens with two attached hydrogens (primary N) is 1. The van der Waals surface area contributed by atoms with E-state index in [1.807, 2.05) is 0 Å². The van der Waals surface area contributed by atoms with E-state index in [2.05, 4.69) is 5.32 Å². The Labute approximate surface area is 117 Å². The summed E-state index contributed by atoms with van der Waals surface area (Å²) in [5.74, 6) is -0.178. The largest absolute Gasteiger partial charge is 0.354 e. The van der Waals surface area contributed by atoms with Crippen molar-refractivity contribution in [1.82, 2.24) is 5.32 Å². The molecule has 0 aliphatic heterocycles. The number of benzene rings is 1. The molecule has 0 heterocycles. The summed E-state index contributed by atoms with van der Waals surface area (Å²) < 4.78 is 0. The van der Waals surface area contributed by atoms with Crippen LogP contribution in [-0.4, -0.2) is 18.5 Å². The highest BCUT2D eigenvalue weighted by Crippen LogP contribution is 2.24. The van der Waals surface area contributed by atoms with Gasteiger partial charge in [0.2, 0.25) is 5.91 Å². The van der Waals surface area contributed by atoms with Gasteiger partial charge in [0.15, 0.2) is 0 Å². The Hall–Kier alpha value is -0.480. The number of halogens is 3. The van der Waals surface area contributed by atoms with Gasteiger partial charge in [-0.25, -0.2) is 0 Å². The van der Waals surface area contributed by atoms with Crippen LogP contribution in [0.15, 0.2) is 18.2 Å². The number of rotatable bonds is 4. The molecular weight excluding hydrogens is 282 g/mol. The van der Waals surface area contributed by atoms with Crippen LogP contribution >= 0.6 is 35.6 Å². The summed E-state index contributed by atoms with van der Waals surface area (Å²) in [7, 11) is 0. The third-order valence-electron chi connectivity index (χ3n) is 2.15. The highest BCUT2D eigenvalue weighted by Gasteiger charge is 2.08. The van der Waals surface area contributed by atoms with Gasteiger partial charge in [-0.05, 0) is 31.0 Å². The minimum atomic E-state index is -0.498. The van der Waals surface area contributed by atoms with Gasteiger partial charge in [-0.1, -0.05) is 29.3 Å². The quantitative estimate of drug-likeness (QED) is 0.897. The van der Waals surface area contributed by atoms with Gasteiger partial charge in [0.25, 0.3) is 0 Å². The van der Waals surface area contributed by atoms with Gasteiger partial charge in [0, 0.05) is 16.6 Å². The normalized spacial score (nSPS) is 11.5. The highest BCUT2D eigenvalue weighted by molar-refractivity contribution is 6.35. The van der Waals surface area contributed by atoms with Crippen molar-refractivity contribution in [2.75, 3.05) is 6.54 Å². The van der Waals surface area contributed by atoms with Gasteiger partial charge >= 0.3 is 0 Å². The summed E-state index contributed by atoms with van der Waals surface area (Å²) in [4.78, 5) is 11.2. The van der Waals surface area contributed by atoms with E-state index in [1.54, 1.807) is 25.1 Å². The van der Waals surface area contributed by atoms with E-state index in [-0.39, 0.29) is 18.3 Å². The molecule has 0 radical (unpaired) electrons. The Bertz CT molecular complexity index is 363. The first-order chi connectivity index (χ1) is 7.52. The fourth-order valence-electron chi connectivity index (χ4n) is 1.24. The zero-order chi connectivity index (χ0) is 12.1. The summed E-state index contributed by atoms with van der Waals surface area (Å²) in [6.07, 6.45) is 0.594. The SMILES string of the molecule is C[C@H](N)C(=O)NCCc1c(Cl)cccc1Cl.Cl. The topological polar surface area (TPSA) is 55.1 Å². The van der Waals surface area contributed by atoms with Crippen LogP contribution in [0.2, 0.25) is 10.0 Å². The molecule has 1 aromatic carbocycles. The lowest BCUT2D eigenvalue weighted by Crippen LogP contribution is -2.39. The lowest BCUT2D eigenvalue weighted by molar-refractivity contribution is -0.121. The number of hydrogen-bond acceptors (Lipinski definition) is 2. The maximum atomic E-state index is 11.2. The third-order valence-corrected chi connectivity index (χ3v) is 2.86. The molecule has 0 fully saturated rings. The maximum absolute atomic E-state index is 11.2. The van der Waals surface area contributed by atoms with Crippen molar-refractivity contribution < 1.29 is 4.79 Å². The number of nitrogens with one attached hydrogen (secondary N) is 1. The summed E-state index contributed by atoms with van der Waals surface area (Å²) in [6, 6.07) is 4.84. The van der Waals surface area contributed by atoms with E-state index in [4.69, 9.17) is 28.9 Å². The summed E-state index contributed by atoms with van der Waals surface area (Å²) in [5.41, 5.74) is 6.25. The van der Waals surface area contributed by atoms with E-state index < -0.39 is 6.04 Å². The Morgan fingerprint density at radius 1 is 1.41 bits per heavy atom. The van der Waals surface area contributed by atoms with Crippen molar-refractivity contribution >= 4 is 41.5 Å². The van der Waals surface area contributed by atoms with Gasteiger partial charge in [0.05, 0.1) is 6.04 Å². The fraction of sp³-hybridized carbons (Fsp3) is 0.364. The van der Waals surface area contributed by atoms with E-state index in [0.29, 0.717) is 23.0 Å². The number of carbonyl (C=O) groups is 1. The fourth-order valence-corrected chi connectivity index (χ4v) is 1.83. The number of hydrogen-bond donors (Lipinski definition) is 2. The minimum Gasteiger partial charge on any atom is -0.354 e. The van der Waals surface area contributed by atoms with Crippen LogP contribution in [0.1, 0.15) is 12.5 Å². The minimum absolute atomic E-state index is 0. The second kappa shape index (κ2) is 7.77. The first-order valence-electron chi connectivity index (χ1n) is 4.98. The lowest BCUT2D eigenvalue weighted by atomic mass is 10.1. The maximum Gasteiger partial charge on any atom is 0.236 e. The lowest BCUT2D eigenvalue weighted by Gasteiger charge is -2.09. The molecule has 1 rings (SSSR count). The molecule has 6 heteroatoms. The van der Waals surface area contributed by atoms with Crippen molar-refractivity contribution in [3.8, 4) is 0 Å². The summed E-state index contributed by atoms with van der Waals surface area (Å²) in [5, 5.41) is 3.93. The van der Waals surface area contributed by atoms with Crippen molar-refractivity contribution in [2.24, 2.45) is 5.73 Å². The molecule has 0 aliphatic rings. The number of amides is 1. The Balaban J connectivity index is 0.00000256. The molecule has 96 valence electrons. The first kappa shape index (κ1) is 16.5. The van der Waals surface area contributed by atoms with Crippen LogP contribution in [0.5, 0.6) is 0 Å². The van der Waals surface area contributed by atoms with E-state index in [1.165, 1.54) is 0 Å². The van der Waals surface area contributed by atoms with Crippen molar-refractivity contribution in [1.29, 1.82) is 0 Å². The van der Waals surface area contributed by atoms with Gasteiger partial charge in [-0.2, -0.15) is 0 Å². The third kappa shape index (κ3) is 5.13. The van der Waals surface area contributed by atoms with Crippen molar-refractivity contribution in [2.45, 2.75) is 19.4 Å². The van der Waals surface area contributed by atoms with Gasteiger partial charge in [0.1, 0.15) is 0 Å². The summed E-state index contributed by atoms with van der Waals surface area (Å²) >= 11 is 12.0. The van der Waals surface area contributed by atoms with Crippen molar-refractivity contribution in [3.05, 3.63) is 33.8 Å². The van der Waals surface area contributed by atoms with E-state index >= 15 is 0 Å². The molecular formula is C11H15Cl3N2O. The Morgan fingerprint density at radius 3 is 2.41 bits per heavy atom. The molecule has 1 aromatic rings. The average molecular weight is 298 g/mol. The highest BCUT2D eigenvalue weighted by atomic mass is 35.5. The molecule has 0 spiro atoms. The van der Waals surface area contributed by atoms with Gasteiger partial charge in [-0.3, -0.25) is 4.79 Å². The van der Waals surface area contributed by atoms with E-state index in [9.17, 15) is 4.79 Å². The zero-order valence-corrected chi connectivity index (χ0v) is 11.7. The second-order valence-corrected chi connectivity index (χ2v) is 4.34. The molecule has 0 saturated heterocycles. The van der Waals surface area contributed by atoms with Crippen LogP contribution in [0.25, 0.3) is 0 Å². The molecule has 0 bridgehead atoms. The predicted molar refractivity (Wildman–Crippen MR) is 74.1 cm³/mol. The van der Waals surface area contributed by atoms with Crippen LogP contribution in [0.4, 0.5) is 0 Å². The molecule has 0 aliphatic carbocycles. The van der Waals surface area contributed by atoms with Gasteiger partial charge in [-0.15, -0.1) is 12.4 Å². The van der Waals surface area contributed by atoms with Crippen LogP contribution in [0.3, 0.4) is 0 Å². The van der Waals surface area contributed by atoms with E-state index in [0.717, 1.165) is 5.56 Å². The average Bonchev–Trinajstić information content (AvgIpc) is 2.22. The molecule has 0 aromatic heterocycles.